The molecule has 14 heavy (non-hydrogen) atoms. The van der Waals surface area contributed by atoms with Crippen molar-refractivity contribution in [3.8, 4) is 0 Å². The summed E-state index contributed by atoms with van der Waals surface area (Å²) in [7, 11) is 0. The second kappa shape index (κ2) is 9.49. The van der Waals surface area contributed by atoms with Crippen LogP contribution in [0, 0.1) is 0 Å². The molecule has 1 heterocycles. The highest BCUT2D eigenvalue weighted by molar-refractivity contribution is 6.29. The number of pyridine rings is 1. The van der Waals surface area contributed by atoms with Crippen molar-refractivity contribution in [3.63, 3.8) is 0 Å². The minimum atomic E-state index is 0. The number of halogens is 3. The molecule has 1 aromatic heterocycles. The van der Waals surface area contributed by atoms with Gasteiger partial charge in [0, 0.05) is 25.8 Å². The predicted octanol–water partition coefficient (Wildman–Crippen LogP) is 1.63. The molecular weight excluding hydrogens is 244 g/mol. The summed E-state index contributed by atoms with van der Waals surface area (Å²) in [4.78, 5) is 3.95. The first-order valence-corrected chi connectivity index (χ1v) is 4.22. The van der Waals surface area contributed by atoms with Crippen LogP contribution in [0.25, 0.3) is 0 Å². The molecule has 0 aliphatic heterocycles. The van der Waals surface area contributed by atoms with Crippen LogP contribution in [0.2, 0.25) is 5.15 Å². The van der Waals surface area contributed by atoms with E-state index in [4.69, 9.17) is 17.3 Å². The number of hydrogen-bond acceptors (Lipinski definition) is 3. The Balaban J connectivity index is 0. The maximum absolute atomic E-state index is 5.62. The summed E-state index contributed by atoms with van der Waals surface area (Å²) < 4.78 is 0. The van der Waals surface area contributed by atoms with Gasteiger partial charge in [-0.15, -0.1) is 24.8 Å². The van der Waals surface area contributed by atoms with Crippen LogP contribution < -0.4 is 11.1 Å². The van der Waals surface area contributed by atoms with E-state index in [-0.39, 0.29) is 24.8 Å². The Hall–Kier alpha value is -0.0600. The average molecular weight is 259 g/mol. The zero-order chi connectivity index (χ0) is 8.81. The normalized spacial score (nSPS) is 8.71. The van der Waals surface area contributed by atoms with E-state index in [1.54, 1.807) is 12.3 Å². The molecule has 0 aliphatic rings. The molecule has 0 saturated carbocycles. The summed E-state index contributed by atoms with van der Waals surface area (Å²) in [6.07, 6.45) is 1.76. The maximum atomic E-state index is 5.62. The van der Waals surface area contributed by atoms with Crippen LogP contribution in [0.15, 0.2) is 18.3 Å². The quantitative estimate of drug-likeness (QED) is 0.637. The highest BCUT2D eigenvalue weighted by Crippen LogP contribution is 2.04. The van der Waals surface area contributed by atoms with Crippen molar-refractivity contribution < 1.29 is 0 Å². The summed E-state index contributed by atoms with van der Waals surface area (Å²) in [6.45, 7) is 2.27. The number of hydrogen-bond donors (Lipinski definition) is 2. The van der Waals surface area contributed by atoms with Gasteiger partial charge in [-0.3, -0.25) is 0 Å². The zero-order valence-corrected chi connectivity index (χ0v) is 9.96. The van der Waals surface area contributed by atoms with E-state index in [9.17, 15) is 0 Å². The van der Waals surface area contributed by atoms with E-state index >= 15 is 0 Å². The lowest BCUT2D eigenvalue weighted by Gasteiger charge is -2.01. The van der Waals surface area contributed by atoms with Crippen LogP contribution in [-0.2, 0) is 6.54 Å². The first-order valence-electron chi connectivity index (χ1n) is 3.84. The van der Waals surface area contributed by atoms with Crippen molar-refractivity contribution in [2.45, 2.75) is 6.54 Å². The Labute approximate surface area is 101 Å². The van der Waals surface area contributed by atoms with Crippen LogP contribution in [0.4, 0.5) is 0 Å². The van der Waals surface area contributed by atoms with Crippen LogP contribution in [0.1, 0.15) is 5.56 Å². The minimum Gasteiger partial charge on any atom is -0.329 e. The third-order valence-electron chi connectivity index (χ3n) is 1.44. The van der Waals surface area contributed by atoms with Gasteiger partial charge >= 0.3 is 0 Å². The van der Waals surface area contributed by atoms with E-state index in [0.717, 1.165) is 18.7 Å². The molecule has 1 rings (SSSR count). The Morgan fingerprint density at radius 2 is 2.07 bits per heavy atom. The van der Waals surface area contributed by atoms with Crippen molar-refractivity contribution in [3.05, 3.63) is 29.0 Å². The fourth-order valence-electron chi connectivity index (χ4n) is 0.846. The first kappa shape index (κ1) is 16.4. The number of nitrogens with zero attached hydrogens (tertiary/aromatic N) is 1. The molecule has 82 valence electrons. The number of rotatable bonds is 4. The van der Waals surface area contributed by atoms with Gasteiger partial charge in [0.05, 0.1) is 0 Å². The zero-order valence-electron chi connectivity index (χ0n) is 7.57. The molecule has 0 aliphatic carbocycles. The third kappa shape index (κ3) is 6.40. The van der Waals surface area contributed by atoms with Gasteiger partial charge in [-0.1, -0.05) is 17.7 Å². The SMILES string of the molecule is Cl.Cl.NCCNCc1ccc(Cl)nc1. The first-order chi connectivity index (χ1) is 5.83. The molecule has 0 fully saturated rings. The van der Waals surface area contributed by atoms with Crippen molar-refractivity contribution >= 4 is 36.4 Å². The lowest BCUT2D eigenvalue weighted by Crippen LogP contribution is -2.21. The minimum absolute atomic E-state index is 0. The largest absolute Gasteiger partial charge is 0.329 e. The Morgan fingerprint density at radius 1 is 1.36 bits per heavy atom. The summed E-state index contributed by atoms with van der Waals surface area (Å²) in [5.41, 5.74) is 6.44. The van der Waals surface area contributed by atoms with Gasteiger partial charge in [0.25, 0.3) is 0 Å². The third-order valence-corrected chi connectivity index (χ3v) is 1.66. The smallest absolute Gasteiger partial charge is 0.129 e. The van der Waals surface area contributed by atoms with Gasteiger partial charge in [-0.05, 0) is 11.6 Å². The number of nitrogens with two attached hydrogens (primary N) is 1. The Bertz CT molecular complexity index is 228. The Kier molecular flexibility index (Phi) is 11.1. The molecule has 0 bridgehead atoms. The van der Waals surface area contributed by atoms with Gasteiger partial charge in [-0.2, -0.15) is 0 Å². The second-order valence-corrected chi connectivity index (χ2v) is 2.84. The predicted molar refractivity (Wildman–Crippen MR) is 64.5 cm³/mol. The van der Waals surface area contributed by atoms with Crippen molar-refractivity contribution in [2.75, 3.05) is 13.1 Å². The molecule has 0 spiro atoms. The summed E-state index contributed by atoms with van der Waals surface area (Å²) >= 11 is 5.62. The molecule has 0 unspecified atom stereocenters. The van der Waals surface area contributed by atoms with Crippen molar-refractivity contribution in [1.82, 2.24) is 10.3 Å². The molecule has 0 amide bonds. The highest BCUT2D eigenvalue weighted by atomic mass is 35.5. The topological polar surface area (TPSA) is 50.9 Å². The lowest BCUT2D eigenvalue weighted by atomic mass is 10.3. The summed E-state index contributed by atoms with van der Waals surface area (Å²) in [5.74, 6) is 0. The Morgan fingerprint density at radius 3 is 2.57 bits per heavy atom. The van der Waals surface area contributed by atoms with Crippen LogP contribution in [0.5, 0.6) is 0 Å². The molecule has 3 nitrogen and oxygen atoms in total. The van der Waals surface area contributed by atoms with Gasteiger partial charge in [0.15, 0.2) is 0 Å². The fraction of sp³-hybridized carbons (Fsp3) is 0.375. The van der Waals surface area contributed by atoms with Gasteiger partial charge in [0.2, 0.25) is 0 Å². The molecule has 1 aromatic rings. The van der Waals surface area contributed by atoms with Gasteiger partial charge in [-0.25, -0.2) is 4.98 Å². The van der Waals surface area contributed by atoms with E-state index < -0.39 is 0 Å². The van der Waals surface area contributed by atoms with E-state index in [1.165, 1.54) is 0 Å². The van der Waals surface area contributed by atoms with Crippen molar-refractivity contribution in [2.24, 2.45) is 5.73 Å². The summed E-state index contributed by atoms with van der Waals surface area (Å²) in [6, 6.07) is 3.72. The molecule has 0 saturated heterocycles. The average Bonchev–Trinajstić information content (AvgIpc) is 2.09. The number of nitrogens with one attached hydrogen (secondary N) is 1. The molecule has 0 aromatic carbocycles. The second-order valence-electron chi connectivity index (χ2n) is 2.45. The monoisotopic (exact) mass is 257 g/mol. The van der Waals surface area contributed by atoms with E-state index in [0.29, 0.717) is 11.7 Å². The molecular formula is C8H14Cl3N3. The van der Waals surface area contributed by atoms with Gasteiger partial charge < -0.3 is 11.1 Å². The molecule has 6 heteroatoms. The summed E-state index contributed by atoms with van der Waals surface area (Å²) in [5, 5.41) is 3.69. The molecule has 0 radical (unpaired) electrons. The highest BCUT2D eigenvalue weighted by Gasteiger charge is 1.92. The van der Waals surface area contributed by atoms with E-state index in [2.05, 4.69) is 10.3 Å². The van der Waals surface area contributed by atoms with Crippen molar-refractivity contribution in [1.29, 1.82) is 0 Å². The standard InChI is InChI=1S/C8H12ClN3.2ClH/c9-8-2-1-7(6-12-8)5-11-4-3-10;;/h1-2,6,11H,3-5,10H2;2*1H. The maximum Gasteiger partial charge on any atom is 0.129 e. The van der Waals surface area contributed by atoms with E-state index in [1.807, 2.05) is 6.07 Å². The molecule has 0 atom stereocenters. The number of aromatic nitrogens is 1. The van der Waals surface area contributed by atoms with Crippen LogP contribution in [0.3, 0.4) is 0 Å². The van der Waals surface area contributed by atoms with Crippen LogP contribution >= 0.6 is 36.4 Å². The van der Waals surface area contributed by atoms with Crippen LogP contribution in [-0.4, -0.2) is 18.1 Å². The lowest BCUT2D eigenvalue weighted by molar-refractivity contribution is 0.693. The molecule has 3 N–H and O–H groups in total. The fourth-order valence-corrected chi connectivity index (χ4v) is 0.958. The van der Waals surface area contributed by atoms with Gasteiger partial charge in [0.1, 0.15) is 5.15 Å².